The molecular weight excluding hydrogens is 330 g/mol. The van der Waals surface area contributed by atoms with Crippen LogP contribution in [0.25, 0.3) is 0 Å². The molecule has 6 heteroatoms. The van der Waals surface area contributed by atoms with Gasteiger partial charge < -0.3 is 14.4 Å². The number of rotatable bonds is 4. The maximum atomic E-state index is 13.1. The van der Waals surface area contributed by atoms with Crippen LogP contribution < -0.4 is 5.56 Å². The predicted molar refractivity (Wildman–Crippen MR) is 97.5 cm³/mol. The van der Waals surface area contributed by atoms with Gasteiger partial charge in [-0.2, -0.15) is 0 Å². The van der Waals surface area contributed by atoms with E-state index < -0.39 is 0 Å². The van der Waals surface area contributed by atoms with Crippen molar-refractivity contribution in [2.75, 3.05) is 26.2 Å². The van der Waals surface area contributed by atoms with E-state index in [1.807, 2.05) is 0 Å². The van der Waals surface area contributed by atoms with Crippen LogP contribution in [0.15, 0.2) is 29.2 Å². The van der Waals surface area contributed by atoms with Gasteiger partial charge in [-0.1, -0.05) is 12.5 Å². The van der Waals surface area contributed by atoms with E-state index in [0.29, 0.717) is 19.0 Å². The molecule has 3 heterocycles. The van der Waals surface area contributed by atoms with Crippen LogP contribution in [0, 0.1) is 11.3 Å². The van der Waals surface area contributed by atoms with E-state index in [4.69, 9.17) is 0 Å². The van der Waals surface area contributed by atoms with E-state index in [1.54, 1.807) is 23.2 Å². The molecule has 0 aromatic carbocycles. The highest BCUT2D eigenvalue weighted by Gasteiger charge is 2.49. The van der Waals surface area contributed by atoms with Gasteiger partial charge in [-0.15, -0.1) is 0 Å². The molecule has 1 atom stereocenters. The summed E-state index contributed by atoms with van der Waals surface area (Å²) in [6.07, 6.45) is 8.07. The monoisotopic (exact) mass is 357 g/mol. The van der Waals surface area contributed by atoms with Crippen LogP contribution in [0.4, 0.5) is 0 Å². The van der Waals surface area contributed by atoms with Crippen LogP contribution in [0.2, 0.25) is 0 Å². The van der Waals surface area contributed by atoms with Crippen LogP contribution in [0.5, 0.6) is 0 Å². The third-order valence-electron chi connectivity index (χ3n) is 6.44. The largest absolute Gasteiger partial charge is 0.342 e. The lowest BCUT2D eigenvalue weighted by atomic mass is 9.77. The first-order valence-electron chi connectivity index (χ1n) is 9.80. The topological polar surface area (TPSA) is 62.6 Å². The molecule has 2 saturated heterocycles. The number of hydrogen-bond acceptors (Lipinski definition) is 3. The van der Waals surface area contributed by atoms with Gasteiger partial charge in [0.25, 0.3) is 5.56 Å². The molecule has 1 aliphatic carbocycles. The lowest BCUT2D eigenvalue weighted by molar-refractivity contribution is -0.147. The van der Waals surface area contributed by atoms with E-state index in [2.05, 4.69) is 4.90 Å². The highest BCUT2D eigenvalue weighted by atomic mass is 16.2. The lowest BCUT2D eigenvalue weighted by Crippen LogP contribution is -2.52. The van der Waals surface area contributed by atoms with Crippen molar-refractivity contribution in [1.29, 1.82) is 0 Å². The first-order chi connectivity index (χ1) is 12.6. The Kier molecular flexibility index (Phi) is 4.59. The Hall–Kier alpha value is -2.11. The Bertz CT molecular complexity index is 755. The summed E-state index contributed by atoms with van der Waals surface area (Å²) in [5, 5.41) is 0. The van der Waals surface area contributed by atoms with E-state index in [9.17, 15) is 14.4 Å². The zero-order valence-corrected chi connectivity index (χ0v) is 15.2. The Morgan fingerprint density at radius 3 is 2.69 bits per heavy atom. The van der Waals surface area contributed by atoms with Crippen molar-refractivity contribution in [3.8, 4) is 0 Å². The first kappa shape index (κ1) is 17.3. The maximum Gasteiger partial charge on any atom is 0.250 e. The van der Waals surface area contributed by atoms with Gasteiger partial charge in [0.05, 0.1) is 5.41 Å². The van der Waals surface area contributed by atoms with Crippen molar-refractivity contribution >= 4 is 11.8 Å². The molecule has 1 aromatic heterocycles. The predicted octanol–water partition coefficient (Wildman–Crippen LogP) is 1.49. The molecular formula is C20H27N3O3. The van der Waals surface area contributed by atoms with Crippen molar-refractivity contribution in [3.05, 3.63) is 34.7 Å². The lowest BCUT2D eigenvalue weighted by Gasteiger charge is -2.42. The number of pyridine rings is 1. The van der Waals surface area contributed by atoms with E-state index in [0.717, 1.165) is 32.4 Å². The van der Waals surface area contributed by atoms with E-state index in [-0.39, 0.29) is 29.3 Å². The summed E-state index contributed by atoms with van der Waals surface area (Å²) < 4.78 is 1.43. The minimum Gasteiger partial charge on any atom is -0.342 e. The van der Waals surface area contributed by atoms with Gasteiger partial charge in [0.1, 0.15) is 6.54 Å². The number of piperidine rings is 1. The van der Waals surface area contributed by atoms with Crippen molar-refractivity contribution in [2.45, 2.75) is 45.1 Å². The third kappa shape index (κ3) is 3.17. The average molecular weight is 357 g/mol. The molecule has 0 unspecified atom stereocenters. The normalized spacial score (nSPS) is 26.4. The Morgan fingerprint density at radius 2 is 1.96 bits per heavy atom. The van der Waals surface area contributed by atoms with Crippen molar-refractivity contribution in [3.63, 3.8) is 0 Å². The Labute approximate surface area is 153 Å². The van der Waals surface area contributed by atoms with Crippen LogP contribution in [0.3, 0.4) is 0 Å². The average Bonchev–Trinajstić information content (AvgIpc) is 3.02. The van der Waals surface area contributed by atoms with Crippen LogP contribution in [-0.2, 0) is 16.1 Å². The molecule has 1 aromatic rings. The summed E-state index contributed by atoms with van der Waals surface area (Å²) in [7, 11) is 0. The standard InChI is InChI=1S/C20H27N3O3/c24-17-7-1-2-10-21(17)14-18(25)23-12-9-20(15-23)8-4-11-22(19(20)26)13-16-5-3-6-16/h1-2,7,10,16H,3-6,8-9,11-15H2/t20-/m0/s1. The van der Waals surface area contributed by atoms with Gasteiger partial charge in [0.15, 0.2) is 0 Å². The fourth-order valence-corrected chi connectivity index (χ4v) is 4.61. The first-order valence-corrected chi connectivity index (χ1v) is 9.80. The van der Waals surface area contributed by atoms with Gasteiger partial charge in [-0.3, -0.25) is 14.4 Å². The van der Waals surface area contributed by atoms with Gasteiger partial charge in [0, 0.05) is 38.4 Å². The van der Waals surface area contributed by atoms with Crippen molar-refractivity contribution < 1.29 is 9.59 Å². The summed E-state index contributed by atoms with van der Waals surface area (Å²) >= 11 is 0. The number of hydrogen-bond donors (Lipinski definition) is 0. The second-order valence-corrected chi connectivity index (χ2v) is 8.16. The van der Waals surface area contributed by atoms with E-state index >= 15 is 0 Å². The molecule has 3 aliphatic rings. The van der Waals surface area contributed by atoms with Gasteiger partial charge in [-0.25, -0.2) is 0 Å². The molecule has 6 nitrogen and oxygen atoms in total. The molecule has 0 radical (unpaired) electrons. The SMILES string of the molecule is O=C(Cn1ccccc1=O)N1CC[C@@]2(CCCN(CC3CCC3)C2=O)C1. The zero-order chi connectivity index (χ0) is 18.1. The number of amides is 2. The van der Waals surface area contributed by atoms with Crippen molar-refractivity contribution in [1.82, 2.24) is 14.4 Å². The minimum absolute atomic E-state index is 0.0513. The molecule has 0 N–H and O–H groups in total. The fraction of sp³-hybridized carbons (Fsp3) is 0.650. The van der Waals surface area contributed by atoms with Crippen LogP contribution in [0.1, 0.15) is 38.5 Å². The Balaban J connectivity index is 1.41. The van der Waals surface area contributed by atoms with Gasteiger partial charge in [-0.05, 0) is 44.1 Å². The molecule has 2 amide bonds. The second-order valence-electron chi connectivity index (χ2n) is 8.16. The number of aromatic nitrogens is 1. The molecule has 3 fully saturated rings. The number of nitrogens with zero attached hydrogens (tertiary/aromatic N) is 3. The minimum atomic E-state index is -0.390. The summed E-state index contributed by atoms with van der Waals surface area (Å²) in [6, 6.07) is 4.89. The molecule has 4 rings (SSSR count). The van der Waals surface area contributed by atoms with Crippen LogP contribution >= 0.6 is 0 Å². The highest BCUT2D eigenvalue weighted by molar-refractivity contribution is 5.86. The summed E-state index contributed by atoms with van der Waals surface area (Å²) in [5.41, 5.74) is -0.561. The van der Waals surface area contributed by atoms with Crippen LogP contribution in [-0.4, -0.2) is 52.4 Å². The molecule has 140 valence electrons. The number of carbonyl (C=O) groups is 2. The smallest absolute Gasteiger partial charge is 0.250 e. The molecule has 1 spiro atoms. The molecule has 2 aliphatic heterocycles. The fourth-order valence-electron chi connectivity index (χ4n) is 4.61. The second kappa shape index (κ2) is 6.89. The maximum absolute atomic E-state index is 13.1. The number of likely N-dealkylation sites (tertiary alicyclic amines) is 2. The van der Waals surface area contributed by atoms with E-state index in [1.165, 1.54) is 29.9 Å². The highest BCUT2D eigenvalue weighted by Crippen LogP contribution is 2.41. The quantitative estimate of drug-likeness (QED) is 0.820. The number of carbonyl (C=O) groups excluding carboxylic acids is 2. The molecule has 1 saturated carbocycles. The van der Waals surface area contributed by atoms with Gasteiger partial charge in [0.2, 0.25) is 11.8 Å². The summed E-state index contributed by atoms with van der Waals surface area (Å²) in [6.45, 7) is 2.94. The zero-order valence-electron chi connectivity index (χ0n) is 15.2. The summed E-state index contributed by atoms with van der Waals surface area (Å²) in [4.78, 5) is 41.5. The molecule has 26 heavy (non-hydrogen) atoms. The van der Waals surface area contributed by atoms with Gasteiger partial charge >= 0.3 is 0 Å². The molecule has 0 bridgehead atoms. The summed E-state index contributed by atoms with van der Waals surface area (Å²) in [5.74, 6) is 0.861. The Morgan fingerprint density at radius 1 is 1.12 bits per heavy atom. The third-order valence-corrected chi connectivity index (χ3v) is 6.44. The van der Waals surface area contributed by atoms with Crippen molar-refractivity contribution in [2.24, 2.45) is 11.3 Å².